The number of halogens is 1. The van der Waals surface area contributed by atoms with Gasteiger partial charge in [0, 0.05) is 22.8 Å². The molecule has 2 aliphatic carbocycles. The Bertz CT molecular complexity index is 1140. The zero-order valence-electron chi connectivity index (χ0n) is 18.9. The molecule has 2 saturated carbocycles. The summed E-state index contributed by atoms with van der Waals surface area (Å²) < 4.78 is 1.65. The van der Waals surface area contributed by atoms with Crippen LogP contribution in [0.25, 0.3) is 0 Å². The van der Waals surface area contributed by atoms with E-state index in [4.69, 9.17) is 11.6 Å². The molecule has 8 nitrogen and oxygen atoms in total. The maximum absolute atomic E-state index is 13.7. The molecule has 2 fully saturated rings. The second-order valence-electron chi connectivity index (χ2n) is 9.62. The van der Waals surface area contributed by atoms with Crippen LogP contribution in [0.2, 0.25) is 5.02 Å². The molecule has 1 atom stereocenters. The number of hydrogen-bond donors (Lipinski definition) is 2. The van der Waals surface area contributed by atoms with Crippen molar-refractivity contribution in [3.8, 4) is 0 Å². The van der Waals surface area contributed by atoms with Gasteiger partial charge in [-0.15, -0.1) is 0 Å². The summed E-state index contributed by atoms with van der Waals surface area (Å²) in [6.45, 7) is 3.97. The van der Waals surface area contributed by atoms with Crippen molar-refractivity contribution in [2.45, 2.75) is 76.5 Å². The molecule has 2 N–H and O–H groups in total. The maximum atomic E-state index is 13.7. The largest absolute Gasteiger partial charge is 0.351 e. The Morgan fingerprint density at radius 1 is 1.18 bits per heavy atom. The van der Waals surface area contributed by atoms with E-state index in [-0.39, 0.29) is 41.8 Å². The second kappa shape index (κ2) is 8.17. The van der Waals surface area contributed by atoms with Crippen LogP contribution in [0.1, 0.15) is 72.0 Å². The molecule has 1 unspecified atom stereocenters. The Balaban J connectivity index is 1.43. The van der Waals surface area contributed by atoms with E-state index in [1.54, 1.807) is 21.6 Å². The van der Waals surface area contributed by atoms with Gasteiger partial charge in [-0.1, -0.05) is 30.5 Å². The van der Waals surface area contributed by atoms with Crippen molar-refractivity contribution in [1.82, 2.24) is 19.8 Å². The van der Waals surface area contributed by atoms with Gasteiger partial charge < -0.3 is 20.1 Å². The van der Waals surface area contributed by atoms with E-state index in [0.717, 1.165) is 44.1 Å². The molecule has 1 aromatic carbocycles. The number of imidazole rings is 1. The number of amides is 3. The van der Waals surface area contributed by atoms with E-state index < -0.39 is 11.4 Å². The van der Waals surface area contributed by atoms with E-state index in [1.807, 2.05) is 19.9 Å². The van der Waals surface area contributed by atoms with Crippen molar-refractivity contribution in [2.75, 3.05) is 5.32 Å². The number of anilines is 1. The third kappa shape index (κ3) is 3.90. The molecular formula is C24H28ClN5O3. The number of hydrogen-bond acceptors (Lipinski definition) is 4. The molecule has 5 rings (SSSR count). The first kappa shape index (κ1) is 21.9. The van der Waals surface area contributed by atoms with Crippen molar-refractivity contribution in [3.05, 3.63) is 46.5 Å². The molecule has 9 heteroatoms. The first-order valence-corrected chi connectivity index (χ1v) is 11.9. The van der Waals surface area contributed by atoms with Gasteiger partial charge in [0.05, 0.1) is 12.9 Å². The van der Waals surface area contributed by atoms with E-state index in [9.17, 15) is 14.4 Å². The number of carbonyl (C=O) groups excluding carboxylic acids is 3. The Kier molecular flexibility index (Phi) is 5.43. The fourth-order valence-electron chi connectivity index (χ4n) is 4.99. The summed E-state index contributed by atoms with van der Waals surface area (Å²) >= 11 is 6.17. The van der Waals surface area contributed by atoms with Gasteiger partial charge in [0.2, 0.25) is 5.91 Å². The van der Waals surface area contributed by atoms with E-state index in [2.05, 4.69) is 15.6 Å². The quantitative estimate of drug-likeness (QED) is 0.700. The molecule has 2 aromatic rings. The minimum absolute atomic E-state index is 0.00675. The predicted octanol–water partition coefficient (Wildman–Crippen LogP) is 3.53. The normalized spacial score (nSPS) is 22.9. The molecule has 0 bridgehead atoms. The third-order valence-electron chi connectivity index (χ3n) is 7.01. The van der Waals surface area contributed by atoms with Crippen molar-refractivity contribution in [3.63, 3.8) is 0 Å². The van der Waals surface area contributed by atoms with Gasteiger partial charge in [0.1, 0.15) is 11.2 Å². The molecule has 3 aliphatic rings. The SMILES string of the molecule is Cc1ccc(NC(=O)c2ncn3c2C(=O)N(C2CC2)C(C)(C(=O)NC2CCCC2)C3)cc1Cl. The fraction of sp³-hybridized carbons (Fsp3) is 0.500. The van der Waals surface area contributed by atoms with Crippen LogP contribution in [0, 0.1) is 6.92 Å². The predicted molar refractivity (Wildman–Crippen MR) is 124 cm³/mol. The smallest absolute Gasteiger partial charge is 0.276 e. The van der Waals surface area contributed by atoms with Crippen molar-refractivity contribution < 1.29 is 14.4 Å². The van der Waals surface area contributed by atoms with Gasteiger partial charge in [-0.05, 0) is 57.2 Å². The highest BCUT2D eigenvalue weighted by Gasteiger charge is 2.54. The van der Waals surface area contributed by atoms with Crippen LogP contribution >= 0.6 is 11.6 Å². The van der Waals surface area contributed by atoms with Crippen LogP contribution in [0.4, 0.5) is 5.69 Å². The van der Waals surface area contributed by atoms with E-state index >= 15 is 0 Å². The fourth-order valence-corrected chi connectivity index (χ4v) is 5.17. The molecule has 174 valence electrons. The first-order chi connectivity index (χ1) is 15.8. The molecule has 0 saturated heterocycles. The van der Waals surface area contributed by atoms with Gasteiger partial charge >= 0.3 is 0 Å². The number of aromatic nitrogens is 2. The standard InChI is InChI=1S/C24H28ClN5O3/c1-14-7-8-16(11-18(14)25)27-21(31)19-20-22(32)30(17-9-10-17)24(2,12-29(20)13-26-19)23(33)28-15-5-3-4-6-15/h7-8,11,13,15,17H,3-6,9-10,12H2,1-2H3,(H,27,31)(H,28,33). The highest BCUT2D eigenvalue weighted by molar-refractivity contribution is 6.31. The third-order valence-corrected chi connectivity index (χ3v) is 7.41. The average Bonchev–Trinajstić information content (AvgIpc) is 3.28. The summed E-state index contributed by atoms with van der Waals surface area (Å²) in [7, 11) is 0. The number of rotatable bonds is 5. The van der Waals surface area contributed by atoms with Crippen LogP contribution in [0.15, 0.2) is 24.5 Å². The highest BCUT2D eigenvalue weighted by atomic mass is 35.5. The average molecular weight is 470 g/mol. The van der Waals surface area contributed by atoms with Gasteiger partial charge in [0.15, 0.2) is 5.69 Å². The zero-order valence-corrected chi connectivity index (χ0v) is 19.6. The molecule has 3 amide bonds. The monoisotopic (exact) mass is 469 g/mol. The summed E-state index contributed by atoms with van der Waals surface area (Å²) in [5.41, 5.74) is 0.691. The van der Waals surface area contributed by atoms with E-state index in [0.29, 0.717) is 10.7 Å². The van der Waals surface area contributed by atoms with Crippen LogP contribution in [-0.2, 0) is 11.3 Å². The lowest BCUT2D eigenvalue weighted by molar-refractivity contribution is -0.134. The molecule has 0 radical (unpaired) electrons. The minimum atomic E-state index is -1.02. The van der Waals surface area contributed by atoms with Crippen LogP contribution in [-0.4, -0.2) is 49.8 Å². The summed E-state index contributed by atoms with van der Waals surface area (Å²) in [5, 5.41) is 6.49. The zero-order chi connectivity index (χ0) is 23.3. The number of aryl methyl sites for hydroxylation is 1. The minimum Gasteiger partial charge on any atom is -0.351 e. The van der Waals surface area contributed by atoms with Gasteiger partial charge in [0.25, 0.3) is 11.8 Å². The Hall–Kier alpha value is -2.87. The Morgan fingerprint density at radius 2 is 1.91 bits per heavy atom. The van der Waals surface area contributed by atoms with Gasteiger partial charge in [-0.25, -0.2) is 4.98 Å². The lowest BCUT2D eigenvalue weighted by Crippen LogP contribution is -2.65. The molecule has 1 aliphatic heterocycles. The molecule has 2 heterocycles. The first-order valence-electron chi connectivity index (χ1n) is 11.5. The Labute approximate surface area is 197 Å². The van der Waals surface area contributed by atoms with Crippen LogP contribution in [0.5, 0.6) is 0 Å². The topological polar surface area (TPSA) is 96.3 Å². The lowest BCUT2D eigenvalue weighted by Gasteiger charge is -2.44. The summed E-state index contributed by atoms with van der Waals surface area (Å²) in [5.74, 6) is -0.932. The number of benzene rings is 1. The highest BCUT2D eigenvalue weighted by Crippen LogP contribution is 2.39. The lowest BCUT2D eigenvalue weighted by atomic mass is 9.93. The van der Waals surface area contributed by atoms with Crippen molar-refractivity contribution in [1.29, 1.82) is 0 Å². The molecular weight excluding hydrogens is 442 g/mol. The molecule has 33 heavy (non-hydrogen) atoms. The summed E-state index contributed by atoms with van der Waals surface area (Å²) in [6, 6.07) is 5.41. The van der Waals surface area contributed by atoms with Crippen LogP contribution in [0.3, 0.4) is 0 Å². The summed E-state index contributed by atoms with van der Waals surface area (Å²) in [4.78, 5) is 46.0. The van der Waals surface area contributed by atoms with Gasteiger partial charge in [-0.2, -0.15) is 0 Å². The summed E-state index contributed by atoms with van der Waals surface area (Å²) in [6.07, 6.45) is 7.37. The molecule has 0 spiro atoms. The number of nitrogens with one attached hydrogen (secondary N) is 2. The Morgan fingerprint density at radius 3 is 2.58 bits per heavy atom. The van der Waals surface area contributed by atoms with E-state index in [1.165, 1.54) is 6.33 Å². The second-order valence-corrected chi connectivity index (χ2v) is 10.0. The number of fused-ring (bicyclic) bond motifs is 1. The number of nitrogens with zero attached hydrogens (tertiary/aromatic N) is 3. The number of carbonyl (C=O) groups is 3. The van der Waals surface area contributed by atoms with Gasteiger partial charge in [-0.3, -0.25) is 14.4 Å². The maximum Gasteiger partial charge on any atom is 0.276 e. The molecule has 1 aromatic heterocycles. The van der Waals surface area contributed by atoms with Crippen molar-refractivity contribution >= 4 is 35.0 Å². The van der Waals surface area contributed by atoms with Crippen molar-refractivity contribution in [2.24, 2.45) is 0 Å². The van der Waals surface area contributed by atoms with Crippen LogP contribution < -0.4 is 10.6 Å².